The second kappa shape index (κ2) is 25.7. The summed E-state index contributed by atoms with van der Waals surface area (Å²) >= 11 is 0. The Bertz CT molecular complexity index is 1060. The fourth-order valence-corrected chi connectivity index (χ4v) is 3.34. The van der Waals surface area contributed by atoms with E-state index < -0.39 is 0 Å². The van der Waals surface area contributed by atoms with E-state index in [1.807, 2.05) is 73.3 Å². The summed E-state index contributed by atoms with van der Waals surface area (Å²) in [5.41, 5.74) is 8.81. The molecule has 1 aromatic heterocycles. The van der Waals surface area contributed by atoms with Gasteiger partial charge in [-0.25, -0.2) is 4.68 Å². The summed E-state index contributed by atoms with van der Waals surface area (Å²) in [4.78, 5) is 19.4. The van der Waals surface area contributed by atoms with E-state index in [2.05, 4.69) is 52.6 Å². The van der Waals surface area contributed by atoms with Crippen molar-refractivity contribution < 1.29 is 14.7 Å². The van der Waals surface area contributed by atoms with E-state index in [4.69, 9.17) is 15.0 Å². The van der Waals surface area contributed by atoms with Crippen LogP contribution in [0.2, 0.25) is 0 Å². The van der Waals surface area contributed by atoms with E-state index in [9.17, 15) is 4.79 Å². The Kier molecular flexibility index (Phi) is 24.8. The van der Waals surface area contributed by atoms with Crippen LogP contribution in [-0.4, -0.2) is 60.6 Å². The van der Waals surface area contributed by atoms with Gasteiger partial charge in [-0.1, -0.05) is 82.3 Å². The summed E-state index contributed by atoms with van der Waals surface area (Å²) < 4.78 is 1.90. The fraction of sp³-hybridized carbons (Fsp3) is 0.355. The number of amides is 1. The highest BCUT2D eigenvalue weighted by Crippen LogP contribution is 2.30. The molecule has 0 spiro atoms. The number of hydrogen-bond acceptors (Lipinski definition) is 6. The number of nitrogens with one attached hydrogen (secondary N) is 2. The van der Waals surface area contributed by atoms with Gasteiger partial charge in [0.25, 0.3) is 0 Å². The number of aromatic nitrogens is 2. The van der Waals surface area contributed by atoms with Crippen LogP contribution < -0.4 is 16.4 Å². The van der Waals surface area contributed by atoms with Crippen LogP contribution in [0, 0.1) is 12.8 Å². The van der Waals surface area contributed by atoms with E-state index in [-0.39, 0.29) is 6.41 Å². The van der Waals surface area contributed by atoms with Crippen molar-refractivity contribution in [2.75, 3.05) is 32.6 Å². The van der Waals surface area contributed by atoms with Crippen LogP contribution in [0.5, 0.6) is 0 Å². The SMILES string of the molecule is C=CC=P.CCC.CNc1c(C)c(-c2ccc(C=O)cc2)nn1-c1ccccc1.CO.C[C@@H]1CCNC1.NC=O. The second-order valence-corrected chi connectivity index (χ2v) is 8.74. The highest BCUT2D eigenvalue weighted by Gasteiger charge is 2.15. The van der Waals surface area contributed by atoms with Crippen molar-refractivity contribution in [3.8, 4) is 16.9 Å². The first-order valence-electron chi connectivity index (χ1n) is 13.2. The van der Waals surface area contributed by atoms with Crippen LogP contribution in [-0.2, 0) is 4.79 Å². The topological polar surface area (TPSA) is 122 Å². The predicted molar refractivity (Wildman–Crippen MR) is 174 cm³/mol. The third-order valence-corrected chi connectivity index (χ3v) is 5.34. The van der Waals surface area contributed by atoms with Crippen LogP contribution in [0.3, 0.4) is 0 Å². The monoisotopic (exact) mass is 569 g/mol. The molecule has 1 atom stereocenters. The van der Waals surface area contributed by atoms with Crippen LogP contribution in [0.1, 0.15) is 49.5 Å². The second-order valence-electron chi connectivity index (χ2n) is 8.40. The summed E-state index contributed by atoms with van der Waals surface area (Å²) in [6, 6.07) is 17.5. The number of anilines is 1. The van der Waals surface area contributed by atoms with E-state index >= 15 is 0 Å². The number of nitrogens with zero attached hydrogens (tertiary/aromatic N) is 2. The molecule has 0 radical (unpaired) electrons. The van der Waals surface area contributed by atoms with Crippen LogP contribution >= 0.6 is 8.86 Å². The molecule has 1 aliphatic heterocycles. The number of allylic oxidation sites excluding steroid dienone is 1. The van der Waals surface area contributed by atoms with E-state index in [1.165, 1.54) is 25.9 Å². The first-order valence-corrected chi connectivity index (χ1v) is 13.8. The third kappa shape index (κ3) is 15.1. The molecule has 2 aromatic carbocycles. The summed E-state index contributed by atoms with van der Waals surface area (Å²) in [5.74, 6) is 3.59. The summed E-state index contributed by atoms with van der Waals surface area (Å²) in [7, 11) is 5.94. The molecule has 5 N–H and O–H groups in total. The fourth-order valence-electron chi connectivity index (χ4n) is 3.34. The van der Waals surface area contributed by atoms with Gasteiger partial charge in [0.2, 0.25) is 6.41 Å². The Labute approximate surface area is 242 Å². The van der Waals surface area contributed by atoms with Crippen molar-refractivity contribution in [1.29, 1.82) is 0 Å². The first-order chi connectivity index (χ1) is 19.4. The highest BCUT2D eigenvalue weighted by molar-refractivity contribution is 7.18. The van der Waals surface area contributed by atoms with Gasteiger partial charge in [-0.2, -0.15) is 5.10 Å². The highest BCUT2D eigenvalue weighted by atomic mass is 31.0. The van der Waals surface area contributed by atoms with Crippen molar-refractivity contribution in [3.05, 3.63) is 78.4 Å². The quantitative estimate of drug-likeness (QED) is 0.236. The maximum atomic E-state index is 10.8. The van der Waals surface area contributed by atoms with Crippen molar-refractivity contribution in [1.82, 2.24) is 15.1 Å². The summed E-state index contributed by atoms with van der Waals surface area (Å²) in [6.45, 7) is 14.4. The Balaban J connectivity index is 0. The smallest absolute Gasteiger partial charge is 0.204 e. The maximum absolute atomic E-state index is 10.8. The molecule has 9 heteroatoms. The number of rotatable bonds is 5. The van der Waals surface area contributed by atoms with Gasteiger partial charge < -0.3 is 21.5 Å². The molecule has 1 amide bonds. The van der Waals surface area contributed by atoms with E-state index in [1.54, 1.807) is 11.9 Å². The standard InChI is InChI=1S/C18H17N3O.C5H11N.C3H5P.C3H8.CH3NO.CH4O/c1-13-17(15-10-8-14(12-22)9-11-15)20-21(18(13)19-2)16-6-4-3-5-7-16;1-5-2-3-6-4-5;1-2-3-4;1-3-2;2-1-3;1-2/h3-12,19H,1-2H3;5-6H,2-4H2,1H3;2-4H,1H2;3H2,1-2H3;1H,(H2,2,3);2H,1H3/t;5-;;;;/m.1..../s1. The summed E-state index contributed by atoms with van der Waals surface area (Å²) in [5, 5.41) is 18.2. The minimum atomic E-state index is 0.250. The Morgan fingerprint density at radius 2 is 1.68 bits per heavy atom. The van der Waals surface area contributed by atoms with Gasteiger partial charge in [-0.3, -0.25) is 9.59 Å². The molecule has 220 valence electrons. The molecule has 0 bridgehead atoms. The molecule has 3 aromatic rings. The number of hydrogen-bond donors (Lipinski definition) is 4. The lowest BCUT2D eigenvalue weighted by molar-refractivity contribution is -0.106. The van der Waals surface area contributed by atoms with Gasteiger partial charge in [-0.05, 0) is 50.3 Å². The lowest BCUT2D eigenvalue weighted by Crippen LogP contribution is -2.06. The van der Waals surface area contributed by atoms with Crippen molar-refractivity contribution >= 4 is 33.2 Å². The van der Waals surface area contributed by atoms with Crippen LogP contribution in [0.15, 0.2) is 67.3 Å². The van der Waals surface area contributed by atoms with Crippen molar-refractivity contribution in [3.63, 3.8) is 0 Å². The van der Waals surface area contributed by atoms with Gasteiger partial charge in [0.15, 0.2) is 0 Å². The minimum Gasteiger partial charge on any atom is -0.400 e. The zero-order chi connectivity index (χ0) is 30.8. The molecule has 2 heterocycles. The molecule has 0 aliphatic carbocycles. The number of nitrogens with two attached hydrogens (primary N) is 1. The molecule has 40 heavy (non-hydrogen) atoms. The van der Waals surface area contributed by atoms with Gasteiger partial charge in [0.1, 0.15) is 12.1 Å². The molecule has 4 rings (SSSR count). The Hall–Kier alpha value is -3.58. The molecular formula is C31H48N5O3P. The van der Waals surface area contributed by atoms with Gasteiger partial charge in [-0.15, -0.1) is 8.86 Å². The molecule has 1 aliphatic rings. The molecule has 0 saturated carbocycles. The Morgan fingerprint density at radius 3 is 2.02 bits per heavy atom. The molecular weight excluding hydrogens is 521 g/mol. The van der Waals surface area contributed by atoms with E-state index in [0.29, 0.717) is 5.56 Å². The molecule has 8 nitrogen and oxygen atoms in total. The number of para-hydroxylation sites is 1. The number of aldehydes is 1. The van der Waals surface area contributed by atoms with Gasteiger partial charge >= 0.3 is 0 Å². The lowest BCUT2D eigenvalue weighted by atomic mass is 10.1. The zero-order valence-electron chi connectivity index (χ0n) is 24.9. The van der Waals surface area contributed by atoms with Crippen LogP contribution in [0.25, 0.3) is 16.9 Å². The van der Waals surface area contributed by atoms with Crippen molar-refractivity contribution in [2.45, 2.75) is 40.5 Å². The number of aliphatic hydroxyl groups excluding tert-OH is 1. The average Bonchev–Trinajstić information content (AvgIpc) is 3.61. The molecule has 1 fully saturated rings. The summed E-state index contributed by atoms with van der Waals surface area (Å²) in [6.07, 6.45) is 5.38. The number of carbonyl (C=O) groups excluding carboxylic acids is 2. The van der Waals surface area contributed by atoms with Gasteiger partial charge in [0.05, 0.1) is 11.4 Å². The van der Waals surface area contributed by atoms with E-state index in [0.717, 1.165) is 47.6 Å². The minimum absolute atomic E-state index is 0.250. The third-order valence-electron chi connectivity index (χ3n) is 5.10. The number of primary amides is 1. The lowest BCUT2D eigenvalue weighted by Gasteiger charge is -2.06. The van der Waals surface area contributed by atoms with Crippen molar-refractivity contribution in [2.24, 2.45) is 11.7 Å². The number of benzene rings is 2. The predicted octanol–water partition coefficient (Wildman–Crippen LogP) is 5.56. The molecule has 0 unspecified atom stereocenters. The van der Waals surface area contributed by atoms with Gasteiger partial charge in [0, 0.05) is 30.8 Å². The Morgan fingerprint density at radius 1 is 1.15 bits per heavy atom. The average molecular weight is 570 g/mol. The molecule has 1 saturated heterocycles. The van der Waals surface area contributed by atoms with Crippen LogP contribution in [0.4, 0.5) is 5.82 Å². The zero-order valence-corrected chi connectivity index (χ0v) is 25.9. The largest absolute Gasteiger partial charge is 0.400 e. The number of carbonyl (C=O) groups is 2. The maximum Gasteiger partial charge on any atom is 0.204 e. The normalized spacial score (nSPS) is 12.3. The number of aliphatic hydroxyl groups is 1. The first kappa shape index (κ1) is 38.6.